The number of likely N-dealkylation sites (tertiary alicyclic amines) is 1. The van der Waals surface area contributed by atoms with Crippen molar-refractivity contribution < 1.29 is 19.1 Å². The first kappa shape index (κ1) is 24.6. The molecule has 0 saturated carbocycles. The Kier molecular flexibility index (Phi) is 7.14. The first-order valence-corrected chi connectivity index (χ1v) is 12.7. The number of piperidine rings is 1. The fourth-order valence-electron chi connectivity index (χ4n) is 5.13. The minimum Gasteiger partial charge on any atom is -0.496 e. The van der Waals surface area contributed by atoms with Crippen LogP contribution in [0.5, 0.6) is 5.75 Å². The van der Waals surface area contributed by atoms with E-state index in [2.05, 4.69) is 29.0 Å². The van der Waals surface area contributed by atoms with Gasteiger partial charge in [0.15, 0.2) is 5.76 Å². The van der Waals surface area contributed by atoms with Crippen LogP contribution >= 0.6 is 0 Å². The number of ether oxygens (including phenoxy) is 1. The summed E-state index contributed by atoms with van der Waals surface area (Å²) < 4.78 is 11.3. The molecule has 0 radical (unpaired) electrons. The lowest BCUT2D eigenvalue weighted by Gasteiger charge is -2.38. The average Bonchev–Trinajstić information content (AvgIpc) is 3.34. The number of para-hydroxylation sites is 1. The van der Waals surface area contributed by atoms with E-state index < -0.39 is 5.60 Å². The van der Waals surface area contributed by atoms with E-state index >= 15 is 0 Å². The van der Waals surface area contributed by atoms with Crippen LogP contribution in [0.2, 0.25) is 0 Å². The lowest BCUT2D eigenvalue weighted by atomic mass is 9.84. The van der Waals surface area contributed by atoms with E-state index in [0.29, 0.717) is 37.3 Å². The number of aliphatic hydroxyl groups is 1. The van der Waals surface area contributed by atoms with Gasteiger partial charge in [0.05, 0.1) is 12.7 Å². The van der Waals surface area contributed by atoms with Crippen LogP contribution in [0.3, 0.4) is 0 Å². The highest BCUT2D eigenvalue weighted by Gasteiger charge is 2.34. The number of methoxy groups -OCH3 is 1. The molecule has 2 aromatic carbocycles. The number of carbonyl (C=O) groups excluding carboxylic acids is 1. The number of amides is 1. The first-order chi connectivity index (χ1) is 17.4. The molecule has 36 heavy (non-hydrogen) atoms. The Morgan fingerprint density at radius 1 is 1.06 bits per heavy atom. The van der Waals surface area contributed by atoms with Crippen molar-refractivity contribution >= 4 is 23.0 Å². The van der Waals surface area contributed by atoms with E-state index in [1.165, 1.54) is 0 Å². The Hall–Kier alpha value is -3.13. The number of rotatable bonds is 6. The largest absolute Gasteiger partial charge is 0.496 e. The molecule has 2 aliphatic heterocycles. The summed E-state index contributed by atoms with van der Waals surface area (Å²) in [4.78, 5) is 19.3. The second-order valence-corrected chi connectivity index (χ2v) is 9.94. The Balaban J connectivity index is 1.21. The molecule has 7 nitrogen and oxygen atoms in total. The summed E-state index contributed by atoms with van der Waals surface area (Å²) in [6.45, 7) is 5.61. The smallest absolute Gasteiger partial charge is 0.289 e. The van der Waals surface area contributed by atoms with E-state index in [0.717, 1.165) is 55.0 Å². The van der Waals surface area contributed by atoms with Gasteiger partial charge in [-0.1, -0.05) is 36.4 Å². The summed E-state index contributed by atoms with van der Waals surface area (Å²) in [6.07, 6.45) is 5.56. The van der Waals surface area contributed by atoms with Gasteiger partial charge < -0.3 is 24.1 Å². The van der Waals surface area contributed by atoms with Gasteiger partial charge in [-0.15, -0.1) is 0 Å². The molecule has 1 amide bonds. The summed E-state index contributed by atoms with van der Waals surface area (Å²) in [6, 6.07) is 15.6. The van der Waals surface area contributed by atoms with Crippen LogP contribution in [0, 0.1) is 0 Å². The molecule has 2 saturated heterocycles. The standard InChI is InChI=1S/C29H35N3O4/c1-30-16-18-32(19-17-30)28(33)27-21-23-20-24(9-10-26(23)36-27)29(34)11-14-31(15-12-29)13-5-7-22-6-3-4-8-25(22)35-2/h3-10,20-21,34H,11-19H2,1-2H3. The second kappa shape index (κ2) is 10.5. The minimum atomic E-state index is -0.879. The third-order valence-electron chi connectivity index (χ3n) is 7.54. The van der Waals surface area contributed by atoms with E-state index in [-0.39, 0.29) is 5.91 Å². The van der Waals surface area contributed by atoms with Crippen molar-refractivity contribution in [1.29, 1.82) is 0 Å². The van der Waals surface area contributed by atoms with Gasteiger partial charge in [-0.2, -0.15) is 0 Å². The van der Waals surface area contributed by atoms with Crippen molar-refractivity contribution in [3.63, 3.8) is 0 Å². The van der Waals surface area contributed by atoms with Crippen LogP contribution in [0.25, 0.3) is 17.0 Å². The molecular weight excluding hydrogens is 454 g/mol. The highest BCUT2D eigenvalue weighted by molar-refractivity contribution is 5.96. The predicted molar refractivity (Wildman–Crippen MR) is 141 cm³/mol. The van der Waals surface area contributed by atoms with Crippen molar-refractivity contribution in [3.05, 3.63) is 71.5 Å². The third-order valence-corrected chi connectivity index (χ3v) is 7.54. The number of likely N-dealkylation sites (N-methyl/N-ethyl adjacent to an activating group) is 1. The average molecular weight is 490 g/mol. The van der Waals surface area contributed by atoms with Crippen LogP contribution in [0.15, 0.2) is 59.0 Å². The summed E-state index contributed by atoms with van der Waals surface area (Å²) in [5, 5.41) is 12.3. The summed E-state index contributed by atoms with van der Waals surface area (Å²) in [5.74, 6) is 1.18. The maximum absolute atomic E-state index is 12.9. The molecule has 2 fully saturated rings. The molecule has 7 heteroatoms. The number of piperazine rings is 1. The Morgan fingerprint density at radius 3 is 2.56 bits per heavy atom. The fourth-order valence-corrected chi connectivity index (χ4v) is 5.13. The number of fused-ring (bicyclic) bond motifs is 1. The van der Waals surface area contributed by atoms with E-state index in [1.807, 2.05) is 53.4 Å². The number of carbonyl (C=O) groups is 1. The zero-order chi connectivity index (χ0) is 25.1. The van der Waals surface area contributed by atoms with Crippen LogP contribution in [0.4, 0.5) is 0 Å². The summed E-state index contributed by atoms with van der Waals surface area (Å²) >= 11 is 0. The number of furan rings is 1. The van der Waals surface area contributed by atoms with Gasteiger partial charge in [-0.3, -0.25) is 9.69 Å². The van der Waals surface area contributed by atoms with Crippen molar-refractivity contribution in [3.8, 4) is 5.75 Å². The summed E-state index contributed by atoms with van der Waals surface area (Å²) in [5.41, 5.74) is 1.75. The number of nitrogens with zero attached hydrogens (tertiary/aromatic N) is 3. The highest BCUT2D eigenvalue weighted by atomic mass is 16.5. The topological polar surface area (TPSA) is 69.4 Å². The summed E-state index contributed by atoms with van der Waals surface area (Å²) in [7, 11) is 3.75. The molecule has 0 atom stereocenters. The molecule has 0 bridgehead atoms. The lowest BCUT2D eigenvalue weighted by molar-refractivity contribution is -0.0232. The Morgan fingerprint density at radius 2 is 1.81 bits per heavy atom. The van der Waals surface area contributed by atoms with Gasteiger partial charge in [-0.25, -0.2) is 0 Å². The molecule has 5 rings (SSSR count). The van der Waals surface area contributed by atoms with Crippen molar-refractivity contribution in [1.82, 2.24) is 14.7 Å². The van der Waals surface area contributed by atoms with Gasteiger partial charge >= 0.3 is 0 Å². The SMILES string of the molecule is COc1ccccc1C=CCN1CCC(O)(c2ccc3oc(C(=O)N4CCN(C)CC4)cc3c2)CC1. The zero-order valence-corrected chi connectivity index (χ0v) is 21.2. The monoisotopic (exact) mass is 489 g/mol. The maximum atomic E-state index is 12.9. The molecule has 0 spiro atoms. The quantitative estimate of drug-likeness (QED) is 0.568. The van der Waals surface area contributed by atoms with Crippen LogP contribution < -0.4 is 4.74 Å². The highest BCUT2D eigenvalue weighted by Crippen LogP contribution is 2.35. The van der Waals surface area contributed by atoms with Crippen LogP contribution in [-0.2, 0) is 5.60 Å². The van der Waals surface area contributed by atoms with Crippen LogP contribution in [0.1, 0.15) is 34.5 Å². The van der Waals surface area contributed by atoms with E-state index in [1.54, 1.807) is 7.11 Å². The van der Waals surface area contributed by atoms with E-state index in [9.17, 15) is 9.90 Å². The number of hydrogen-bond donors (Lipinski definition) is 1. The fraction of sp³-hybridized carbons (Fsp3) is 0.414. The van der Waals surface area contributed by atoms with Gasteiger partial charge in [0.1, 0.15) is 11.3 Å². The number of benzene rings is 2. The molecular formula is C29H35N3O4. The Labute approximate surface area is 212 Å². The van der Waals surface area contributed by atoms with E-state index in [4.69, 9.17) is 9.15 Å². The molecule has 0 aliphatic carbocycles. The molecule has 1 N–H and O–H groups in total. The minimum absolute atomic E-state index is 0.0611. The molecule has 3 heterocycles. The lowest BCUT2D eigenvalue weighted by Crippen LogP contribution is -2.47. The van der Waals surface area contributed by atoms with Crippen LogP contribution in [-0.4, -0.2) is 85.7 Å². The molecule has 2 aliphatic rings. The molecule has 3 aromatic rings. The van der Waals surface area contributed by atoms with Gasteiger partial charge in [0.2, 0.25) is 0 Å². The van der Waals surface area contributed by atoms with Crippen molar-refractivity contribution in [2.24, 2.45) is 0 Å². The predicted octanol–water partition coefficient (Wildman–Crippen LogP) is 3.83. The normalized spacial score (nSPS) is 19.2. The third kappa shape index (κ3) is 5.19. The zero-order valence-electron chi connectivity index (χ0n) is 21.2. The number of hydrogen-bond acceptors (Lipinski definition) is 6. The van der Waals surface area contributed by atoms with Gasteiger partial charge in [0, 0.05) is 56.8 Å². The molecule has 1 aromatic heterocycles. The second-order valence-electron chi connectivity index (χ2n) is 9.94. The van der Waals surface area contributed by atoms with Crippen molar-refractivity contribution in [2.45, 2.75) is 18.4 Å². The van der Waals surface area contributed by atoms with Crippen molar-refractivity contribution in [2.75, 3.05) is 60.0 Å². The molecule has 0 unspecified atom stereocenters. The Bertz CT molecular complexity index is 1230. The van der Waals surface area contributed by atoms with Gasteiger partial charge in [-0.05, 0) is 49.7 Å². The van der Waals surface area contributed by atoms with Gasteiger partial charge in [0.25, 0.3) is 5.91 Å². The molecule has 190 valence electrons. The maximum Gasteiger partial charge on any atom is 0.289 e. The first-order valence-electron chi connectivity index (χ1n) is 12.7.